The molecular weight excluding hydrogens is 380 g/mol. The Morgan fingerprint density at radius 3 is 2.28 bits per heavy atom. The number of carboxylic acid groups (broad SMARTS) is 1. The molecular formula is C19H26N4O6. The standard InChI is InChI=1S/C19H26N4O6/c20-18(29)21-10-1-3-14(23-16(26)19(17(27)28)8-2-9-19)15(25)22-13-6-4-12(11-24)5-7-13/h4-7,14,24H,1-3,8-11H2,(H,22,25)(H,23,26)(H,27,28)(H3,20,21,29)/t14-/m0/s1. The molecule has 4 amide bonds. The lowest BCUT2D eigenvalue weighted by Gasteiger charge is -2.36. The number of rotatable bonds is 10. The fourth-order valence-electron chi connectivity index (χ4n) is 3.07. The van der Waals surface area contributed by atoms with Crippen molar-refractivity contribution in [3.63, 3.8) is 0 Å². The van der Waals surface area contributed by atoms with Gasteiger partial charge in [0.15, 0.2) is 0 Å². The molecule has 10 nitrogen and oxygen atoms in total. The van der Waals surface area contributed by atoms with Gasteiger partial charge in [-0.05, 0) is 43.4 Å². The number of benzene rings is 1. The zero-order valence-electron chi connectivity index (χ0n) is 15.9. The van der Waals surface area contributed by atoms with Crippen LogP contribution in [0.1, 0.15) is 37.7 Å². The van der Waals surface area contributed by atoms with Crippen molar-refractivity contribution in [2.24, 2.45) is 11.1 Å². The van der Waals surface area contributed by atoms with Crippen molar-refractivity contribution in [1.29, 1.82) is 0 Å². The lowest BCUT2D eigenvalue weighted by Crippen LogP contribution is -2.55. The third-order valence-corrected chi connectivity index (χ3v) is 5.05. The molecule has 0 saturated heterocycles. The summed E-state index contributed by atoms with van der Waals surface area (Å²) in [6.45, 7) is 0.0846. The Morgan fingerprint density at radius 1 is 1.14 bits per heavy atom. The molecule has 2 rings (SSSR count). The molecule has 1 aliphatic rings. The summed E-state index contributed by atoms with van der Waals surface area (Å²) >= 11 is 0. The van der Waals surface area contributed by atoms with Crippen LogP contribution in [0.5, 0.6) is 0 Å². The van der Waals surface area contributed by atoms with Crippen LogP contribution in [0.15, 0.2) is 24.3 Å². The second-order valence-electron chi connectivity index (χ2n) is 7.04. The summed E-state index contributed by atoms with van der Waals surface area (Å²) in [6, 6.07) is 4.84. The van der Waals surface area contributed by atoms with Gasteiger partial charge in [0.25, 0.3) is 0 Å². The molecule has 10 heteroatoms. The van der Waals surface area contributed by atoms with E-state index in [9.17, 15) is 24.3 Å². The smallest absolute Gasteiger partial charge is 0.319 e. The van der Waals surface area contributed by atoms with Crippen LogP contribution in [0.25, 0.3) is 0 Å². The van der Waals surface area contributed by atoms with Gasteiger partial charge >= 0.3 is 12.0 Å². The molecule has 1 aromatic carbocycles. The molecule has 1 fully saturated rings. The van der Waals surface area contributed by atoms with Gasteiger partial charge in [0.2, 0.25) is 11.8 Å². The highest BCUT2D eigenvalue weighted by molar-refractivity contribution is 6.05. The molecule has 1 aromatic rings. The van der Waals surface area contributed by atoms with E-state index in [1.807, 2.05) is 0 Å². The molecule has 0 spiro atoms. The molecule has 158 valence electrons. The van der Waals surface area contributed by atoms with E-state index in [2.05, 4.69) is 16.0 Å². The number of hydrogen-bond donors (Lipinski definition) is 6. The Hall–Kier alpha value is -3.14. The SMILES string of the molecule is NC(=O)NCCC[C@H](NC(=O)C1(C(=O)O)CCC1)C(=O)Nc1ccc(CO)cc1. The summed E-state index contributed by atoms with van der Waals surface area (Å²) in [4.78, 5) is 47.6. The number of primary amides is 1. The Kier molecular flexibility index (Phi) is 7.54. The van der Waals surface area contributed by atoms with Crippen molar-refractivity contribution >= 4 is 29.5 Å². The van der Waals surface area contributed by atoms with Crippen molar-refractivity contribution in [2.75, 3.05) is 11.9 Å². The number of nitrogens with two attached hydrogens (primary N) is 1. The third-order valence-electron chi connectivity index (χ3n) is 5.05. The Bertz CT molecular complexity index is 760. The van der Waals surface area contributed by atoms with E-state index >= 15 is 0 Å². The zero-order chi connectivity index (χ0) is 21.4. The maximum atomic E-state index is 12.7. The van der Waals surface area contributed by atoms with Crippen LogP contribution in [-0.2, 0) is 21.0 Å². The predicted octanol–water partition coefficient (Wildman–Crippen LogP) is 0.306. The molecule has 29 heavy (non-hydrogen) atoms. The van der Waals surface area contributed by atoms with Crippen LogP contribution in [0.4, 0.5) is 10.5 Å². The number of carbonyl (C=O) groups excluding carboxylic acids is 3. The highest BCUT2D eigenvalue weighted by Gasteiger charge is 2.51. The van der Waals surface area contributed by atoms with Gasteiger partial charge in [0.1, 0.15) is 11.5 Å². The number of aliphatic carboxylic acids is 1. The van der Waals surface area contributed by atoms with Crippen LogP contribution in [0.3, 0.4) is 0 Å². The number of carbonyl (C=O) groups is 4. The van der Waals surface area contributed by atoms with E-state index in [1.165, 1.54) is 0 Å². The van der Waals surface area contributed by atoms with Gasteiger partial charge in [-0.15, -0.1) is 0 Å². The Labute approximate surface area is 167 Å². The molecule has 1 saturated carbocycles. The minimum Gasteiger partial charge on any atom is -0.480 e. The van der Waals surface area contributed by atoms with E-state index in [-0.39, 0.29) is 32.4 Å². The lowest BCUT2D eigenvalue weighted by molar-refractivity contribution is -0.162. The topological polar surface area (TPSA) is 171 Å². The average Bonchev–Trinajstić information content (AvgIpc) is 2.63. The number of amides is 4. The number of carboxylic acids is 1. The second-order valence-corrected chi connectivity index (χ2v) is 7.04. The molecule has 0 unspecified atom stereocenters. The number of hydrogen-bond acceptors (Lipinski definition) is 5. The van der Waals surface area contributed by atoms with Gasteiger partial charge in [-0.2, -0.15) is 0 Å². The summed E-state index contributed by atoms with van der Waals surface area (Å²) in [7, 11) is 0. The van der Waals surface area contributed by atoms with Crippen molar-refractivity contribution in [3.8, 4) is 0 Å². The first-order valence-corrected chi connectivity index (χ1v) is 9.37. The first-order chi connectivity index (χ1) is 13.8. The van der Waals surface area contributed by atoms with E-state index in [4.69, 9.17) is 10.8 Å². The fourth-order valence-corrected chi connectivity index (χ4v) is 3.07. The van der Waals surface area contributed by atoms with Gasteiger partial charge in [-0.3, -0.25) is 14.4 Å². The minimum atomic E-state index is -1.49. The molecule has 7 N–H and O–H groups in total. The maximum Gasteiger partial charge on any atom is 0.319 e. The van der Waals surface area contributed by atoms with E-state index in [0.29, 0.717) is 24.1 Å². The quantitative estimate of drug-likeness (QED) is 0.241. The first-order valence-electron chi connectivity index (χ1n) is 9.37. The number of aliphatic hydroxyl groups excluding tert-OH is 1. The van der Waals surface area contributed by atoms with E-state index < -0.39 is 35.3 Å². The van der Waals surface area contributed by atoms with Crippen LogP contribution in [-0.4, -0.2) is 46.6 Å². The van der Waals surface area contributed by atoms with Gasteiger partial charge in [0, 0.05) is 12.2 Å². The third kappa shape index (κ3) is 5.67. The normalized spacial score (nSPS) is 15.5. The first kappa shape index (κ1) is 22.2. The minimum absolute atomic E-state index is 0.128. The van der Waals surface area contributed by atoms with Crippen molar-refractivity contribution in [3.05, 3.63) is 29.8 Å². The number of aliphatic hydroxyl groups is 1. The molecule has 1 atom stereocenters. The highest BCUT2D eigenvalue weighted by Crippen LogP contribution is 2.41. The molecule has 0 aromatic heterocycles. The van der Waals surface area contributed by atoms with Gasteiger partial charge in [0.05, 0.1) is 6.61 Å². The summed E-state index contributed by atoms with van der Waals surface area (Å²) in [5, 5.41) is 26.1. The molecule has 0 radical (unpaired) electrons. The van der Waals surface area contributed by atoms with Gasteiger partial charge in [-0.25, -0.2) is 4.79 Å². The zero-order valence-corrected chi connectivity index (χ0v) is 15.9. The molecule has 0 bridgehead atoms. The Morgan fingerprint density at radius 2 is 1.79 bits per heavy atom. The number of anilines is 1. The van der Waals surface area contributed by atoms with Crippen LogP contribution in [0, 0.1) is 5.41 Å². The second kappa shape index (κ2) is 9.87. The van der Waals surface area contributed by atoms with Crippen LogP contribution in [0.2, 0.25) is 0 Å². The summed E-state index contributed by atoms with van der Waals surface area (Å²) in [5.41, 5.74) is 4.67. The summed E-state index contributed by atoms with van der Waals surface area (Å²) in [5.74, 6) is -2.39. The van der Waals surface area contributed by atoms with Crippen molar-refractivity contribution < 1.29 is 29.4 Å². The number of nitrogens with one attached hydrogen (secondary N) is 3. The lowest BCUT2D eigenvalue weighted by atomic mass is 9.68. The molecule has 0 heterocycles. The average molecular weight is 406 g/mol. The van der Waals surface area contributed by atoms with Crippen molar-refractivity contribution in [2.45, 2.75) is 44.8 Å². The fraction of sp³-hybridized carbons (Fsp3) is 0.474. The van der Waals surface area contributed by atoms with E-state index in [1.54, 1.807) is 24.3 Å². The summed E-state index contributed by atoms with van der Waals surface area (Å²) in [6.07, 6.45) is 1.63. The van der Waals surface area contributed by atoms with Crippen LogP contribution < -0.4 is 21.7 Å². The highest BCUT2D eigenvalue weighted by atomic mass is 16.4. The van der Waals surface area contributed by atoms with E-state index in [0.717, 1.165) is 0 Å². The van der Waals surface area contributed by atoms with Gasteiger partial charge < -0.3 is 31.9 Å². The largest absolute Gasteiger partial charge is 0.480 e. The van der Waals surface area contributed by atoms with Crippen LogP contribution >= 0.6 is 0 Å². The predicted molar refractivity (Wildman–Crippen MR) is 104 cm³/mol. The summed E-state index contributed by atoms with van der Waals surface area (Å²) < 4.78 is 0. The molecule has 1 aliphatic carbocycles. The van der Waals surface area contributed by atoms with Crippen molar-refractivity contribution in [1.82, 2.24) is 10.6 Å². The Balaban J connectivity index is 2.06. The maximum absolute atomic E-state index is 12.7. The molecule has 0 aliphatic heterocycles. The van der Waals surface area contributed by atoms with Gasteiger partial charge in [-0.1, -0.05) is 18.6 Å². The number of urea groups is 1. The monoisotopic (exact) mass is 406 g/mol.